The second-order valence-corrected chi connectivity index (χ2v) is 10.00. The lowest BCUT2D eigenvalue weighted by Crippen LogP contribution is -2.56. The first kappa shape index (κ1) is 22.6. The van der Waals surface area contributed by atoms with Crippen LogP contribution in [0.25, 0.3) is 0 Å². The summed E-state index contributed by atoms with van der Waals surface area (Å²) in [6, 6.07) is 12.6. The van der Waals surface area contributed by atoms with Gasteiger partial charge in [0, 0.05) is 18.6 Å². The number of benzene rings is 1. The lowest BCUT2D eigenvalue weighted by Gasteiger charge is -2.51. The van der Waals surface area contributed by atoms with Crippen molar-refractivity contribution in [1.82, 2.24) is 20.0 Å². The first-order chi connectivity index (χ1) is 15.4. The van der Waals surface area contributed by atoms with Crippen LogP contribution in [-0.2, 0) is 10.3 Å². The zero-order valence-corrected chi connectivity index (χ0v) is 19.3. The number of carbonyl (C=O) groups is 2. The van der Waals surface area contributed by atoms with Gasteiger partial charge in [-0.1, -0.05) is 36.8 Å². The van der Waals surface area contributed by atoms with E-state index in [-0.39, 0.29) is 36.1 Å². The minimum atomic E-state index is -0.261. The Hall–Kier alpha value is -2.59. The number of carbonyl (C=O) groups excluding carboxylic acids is 2. The van der Waals surface area contributed by atoms with E-state index in [1.165, 1.54) is 24.8 Å². The van der Waals surface area contributed by atoms with E-state index in [4.69, 9.17) is 5.26 Å². The van der Waals surface area contributed by atoms with Crippen LogP contribution in [0.2, 0.25) is 0 Å². The quantitative estimate of drug-likeness (QED) is 0.665. The van der Waals surface area contributed by atoms with E-state index in [1.807, 2.05) is 6.07 Å². The zero-order chi connectivity index (χ0) is 22.8. The highest BCUT2D eigenvalue weighted by atomic mass is 16.2. The molecule has 0 aromatic heterocycles. The number of nitriles is 1. The van der Waals surface area contributed by atoms with Crippen molar-refractivity contribution in [2.24, 2.45) is 5.92 Å². The maximum Gasteiger partial charge on any atom is 0.321 e. The number of rotatable bonds is 7. The smallest absolute Gasteiger partial charge is 0.321 e. The van der Waals surface area contributed by atoms with Gasteiger partial charge in [0.05, 0.1) is 11.6 Å². The Bertz CT molecular complexity index is 866. The fourth-order valence-electron chi connectivity index (χ4n) is 5.88. The fraction of sp³-hybridized carbons (Fsp3) is 0.640. The lowest BCUT2D eigenvalue weighted by molar-refractivity contribution is -0.121. The van der Waals surface area contributed by atoms with E-state index in [0.717, 1.165) is 32.2 Å². The summed E-state index contributed by atoms with van der Waals surface area (Å²) < 4.78 is 0. The summed E-state index contributed by atoms with van der Waals surface area (Å²) in [5.74, 6) is 0.320. The summed E-state index contributed by atoms with van der Waals surface area (Å²) in [6.07, 6.45) is 7.43. The molecule has 172 valence electrons. The third-order valence-corrected chi connectivity index (χ3v) is 8.10. The Morgan fingerprint density at radius 3 is 2.44 bits per heavy atom. The number of amides is 3. The van der Waals surface area contributed by atoms with E-state index in [0.29, 0.717) is 12.5 Å². The topological polar surface area (TPSA) is 79.7 Å². The first-order valence-electron chi connectivity index (χ1n) is 11.8. The standard InChI is InChI=1S/C25H35N5O2/c1-28(2)25(21-9-4-3-5-10-21)13-11-24(12-14-25)19-29(18-22(31)27-16-15-26)23(32)30(24)17-20-7-6-8-20/h3-5,9-10,20H,6-8,11-14,16-19H2,1-2H3,(H,27,31)/t24-,25-. The molecule has 7 nitrogen and oxygen atoms in total. The summed E-state index contributed by atoms with van der Waals surface area (Å²) in [4.78, 5) is 31.8. The molecule has 7 heteroatoms. The average molecular weight is 438 g/mol. The first-order valence-corrected chi connectivity index (χ1v) is 11.8. The van der Waals surface area contributed by atoms with Gasteiger partial charge in [0.25, 0.3) is 0 Å². The molecule has 4 rings (SSSR count). The van der Waals surface area contributed by atoms with E-state index >= 15 is 0 Å². The van der Waals surface area contributed by atoms with Gasteiger partial charge in [-0.3, -0.25) is 9.69 Å². The van der Waals surface area contributed by atoms with Crippen LogP contribution in [-0.4, -0.2) is 72.5 Å². The van der Waals surface area contributed by atoms with Gasteiger partial charge in [0.1, 0.15) is 13.1 Å². The van der Waals surface area contributed by atoms with E-state index < -0.39 is 0 Å². The van der Waals surface area contributed by atoms with Gasteiger partial charge < -0.3 is 15.1 Å². The van der Waals surface area contributed by atoms with Crippen LogP contribution >= 0.6 is 0 Å². The minimum absolute atomic E-state index is 0.0129. The van der Waals surface area contributed by atoms with E-state index in [1.54, 1.807) is 4.90 Å². The molecule has 0 unspecified atom stereocenters. The van der Waals surface area contributed by atoms with Crippen LogP contribution < -0.4 is 5.32 Å². The maximum atomic E-state index is 13.4. The molecule has 1 heterocycles. The molecule has 32 heavy (non-hydrogen) atoms. The summed E-state index contributed by atoms with van der Waals surface area (Å²) in [6.45, 7) is 1.40. The van der Waals surface area contributed by atoms with E-state index in [2.05, 4.69) is 59.5 Å². The molecule has 1 saturated heterocycles. The Kier molecular flexibility index (Phi) is 6.43. The number of nitrogens with zero attached hydrogens (tertiary/aromatic N) is 4. The highest BCUT2D eigenvalue weighted by Gasteiger charge is 2.55. The Morgan fingerprint density at radius 1 is 1.19 bits per heavy atom. The molecule has 0 atom stereocenters. The van der Waals surface area contributed by atoms with Crippen LogP contribution in [0.5, 0.6) is 0 Å². The van der Waals surface area contributed by atoms with Crippen molar-refractivity contribution >= 4 is 11.9 Å². The van der Waals surface area contributed by atoms with Crippen LogP contribution in [0.15, 0.2) is 30.3 Å². The van der Waals surface area contributed by atoms with E-state index in [9.17, 15) is 9.59 Å². The molecule has 2 aliphatic carbocycles. The zero-order valence-electron chi connectivity index (χ0n) is 19.3. The van der Waals surface area contributed by atoms with Gasteiger partial charge in [0.2, 0.25) is 5.91 Å². The summed E-state index contributed by atoms with van der Waals surface area (Å²) in [5.41, 5.74) is 1.09. The van der Waals surface area contributed by atoms with Gasteiger partial charge in [-0.05, 0) is 64.1 Å². The number of nitrogens with one attached hydrogen (secondary N) is 1. The molecule has 2 saturated carbocycles. The summed E-state index contributed by atoms with van der Waals surface area (Å²) in [5, 5.41) is 11.3. The van der Waals surface area contributed by atoms with Crippen molar-refractivity contribution in [2.45, 2.75) is 56.0 Å². The SMILES string of the molecule is CN(C)[C@]1(c2ccccc2)CC[C@@]2(CC1)CN(CC(=O)NCC#N)C(=O)N2CC1CCC1. The molecule has 3 fully saturated rings. The Labute approximate surface area is 191 Å². The lowest BCUT2D eigenvalue weighted by atomic mass is 9.68. The Morgan fingerprint density at radius 2 is 1.88 bits per heavy atom. The predicted molar refractivity (Wildman–Crippen MR) is 123 cm³/mol. The van der Waals surface area contributed by atoms with Crippen molar-refractivity contribution in [2.75, 3.05) is 40.3 Å². The third kappa shape index (κ3) is 4.09. The van der Waals surface area contributed by atoms with Gasteiger partial charge in [-0.2, -0.15) is 5.26 Å². The summed E-state index contributed by atoms with van der Waals surface area (Å²) >= 11 is 0. The molecule has 1 aromatic rings. The molecule has 3 amide bonds. The maximum absolute atomic E-state index is 13.4. The largest absolute Gasteiger partial charge is 0.341 e. The van der Waals surface area contributed by atoms with Gasteiger partial charge in [-0.25, -0.2) is 4.79 Å². The monoisotopic (exact) mass is 437 g/mol. The van der Waals surface area contributed by atoms with Crippen molar-refractivity contribution < 1.29 is 9.59 Å². The summed E-state index contributed by atoms with van der Waals surface area (Å²) in [7, 11) is 4.31. The molecule has 1 spiro atoms. The predicted octanol–water partition coefficient (Wildman–Crippen LogP) is 2.93. The van der Waals surface area contributed by atoms with Crippen molar-refractivity contribution in [3.8, 4) is 6.07 Å². The molecule has 1 aromatic carbocycles. The van der Waals surface area contributed by atoms with Crippen LogP contribution in [0.4, 0.5) is 4.79 Å². The van der Waals surface area contributed by atoms with Crippen molar-refractivity contribution in [3.63, 3.8) is 0 Å². The van der Waals surface area contributed by atoms with Crippen molar-refractivity contribution in [3.05, 3.63) is 35.9 Å². The average Bonchev–Trinajstić information content (AvgIpc) is 3.00. The molecule has 1 aliphatic heterocycles. The van der Waals surface area contributed by atoms with Crippen LogP contribution in [0.1, 0.15) is 50.5 Å². The molecular formula is C25H35N5O2. The molecule has 1 N–H and O–H groups in total. The highest BCUT2D eigenvalue weighted by molar-refractivity contribution is 5.86. The highest BCUT2D eigenvalue weighted by Crippen LogP contribution is 2.49. The van der Waals surface area contributed by atoms with Gasteiger partial charge >= 0.3 is 6.03 Å². The second kappa shape index (κ2) is 9.11. The minimum Gasteiger partial charge on any atom is -0.341 e. The van der Waals surface area contributed by atoms with Crippen molar-refractivity contribution in [1.29, 1.82) is 5.26 Å². The molecule has 0 bridgehead atoms. The van der Waals surface area contributed by atoms with Gasteiger partial charge in [-0.15, -0.1) is 0 Å². The Balaban J connectivity index is 1.55. The second-order valence-electron chi connectivity index (χ2n) is 10.00. The molecule has 3 aliphatic rings. The third-order valence-electron chi connectivity index (χ3n) is 8.10. The number of urea groups is 1. The van der Waals surface area contributed by atoms with Crippen LogP contribution in [0, 0.1) is 17.2 Å². The van der Waals surface area contributed by atoms with Crippen LogP contribution in [0.3, 0.4) is 0 Å². The number of hydrogen-bond donors (Lipinski definition) is 1. The van der Waals surface area contributed by atoms with Gasteiger partial charge in [0.15, 0.2) is 0 Å². The normalized spacial score (nSPS) is 28.1. The number of hydrogen-bond acceptors (Lipinski definition) is 4. The fourth-order valence-corrected chi connectivity index (χ4v) is 5.88. The molecule has 0 radical (unpaired) electrons. The molecular weight excluding hydrogens is 402 g/mol.